The van der Waals surface area contributed by atoms with Gasteiger partial charge in [0, 0.05) is 12.6 Å². The topological polar surface area (TPSA) is 98.7 Å². The highest BCUT2D eigenvalue weighted by Gasteiger charge is 2.20. The maximum atomic E-state index is 12.3. The lowest BCUT2D eigenvalue weighted by atomic mass is 10.2. The van der Waals surface area contributed by atoms with Crippen molar-refractivity contribution in [1.29, 1.82) is 0 Å². The van der Waals surface area contributed by atoms with Gasteiger partial charge in [0.25, 0.3) is 5.91 Å². The number of amides is 1. The molecule has 3 aromatic rings. The van der Waals surface area contributed by atoms with Gasteiger partial charge in [-0.15, -0.1) is 0 Å². The molecule has 0 fully saturated rings. The van der Waals surface area contributed by atoms with Gasteiger partial charge in [0.15, 0.2) is 11.6 Å². The Labute approximate surface area is 126 Å². The fourth-order valence-electron chi connectivity index (χ4n) is 1.99. The molecule has 0 saturated carbocycles. The highest BCUT2D eigenvalue weighted by molar-refractivity contribution is 5.91. The number of nitrogens with zero attached hydrogens (tertiary/aromatic N) is 5. The van der Waals surface area contributed by atoms with Gasteiger partial charge in [-0.1, -0.05) is 35.5 Å². The molecule has 112 valence electrons. The van der Waals surface area contributed by atoms with Crippen molar-refractivity contribution >= 4 is 5.91 Å². The Morgan fingerprint density at radius 2 is 2.09 bits per heavy atom. The van der Waals surface area contributed by atoms with Crippen LogP contribution in [-0.4, -0.2) is 30.8 Å². The van der Waals surface area contributed by atoms with Gasteiger partial charge in [0.1, 0.15) is 0 Å². The molecule has 1 aromatic carbocycles. The van der Waals surface area contributed by atoms with Crippen LogP contribution in [0.2, 0.25) is 0 Å². The third-order valence-electron chi connectivity index (χ3n) is 3.11. The molecule has 1 N–H and O–H groups in total. The Balaban J connectivity index is 1.80. The summed E-state index contributed by atoms with van der Waals surface area (Å²) in [6.07, 6.45) is 1.22. The van der Waals surface area contributed by atoms with E-state index in [4.69, 9.17) is 0 Å². The van der Waals surface area contributed by atoms with Gasteiger partial charge in [0.2, 0.25) is 12.2 Å². The number of nitrogens with one attached hydrogen (secondary N) is 1. The van der Waals surface area contributed by atoms with E-state index in [0.29, 0.717) is 11.6 Å². The van der Waals surface area contributed by atoms with Crippen molar-refractivity contribution in [1.82, 2.24) is 30.2 Å². The molecule has 0 aliphatic rings. The van der Waals surface area contributed by atoms with Crippen molar-refractivity contribution in [3.05, 3.63) is 48.4 Å². The fourth-order valence-corrected chi connectivity index (χ4v) is 1.99. The zero-order valence-electron chi connectivity index (χ0n) is 12.1. The van der Waals surface area contributed by atoms with Gasteiger partial charge < -0.3 is 9.84 Å². The minimum Gasteiger partial charge on any atom is -0.343 e. The number of benzene rings is 1. The molecule has 22 heavy (non-hydrogen) atoms. The Kier molecular flexibility index (Phi) is 3.65. The van der Waals surface area contributed by atoms with E-state index < -0.39 is 0 Å². The van der Waals surface area contributed by atoms with Gasteiger partial charge in [-0.2, -0.15) is 10.1 Å². The smallest absolute Gasteiger partial charge is 0.289 e. The molecule has 0 spiro atoms. The van der Waals surface area contributed by atoms with E-state index in [0.717, 1.165) is 5.56 Å². The summed E-state index contributed by atoms with van der Waals surface area (Å²) in [6.45, 7) is 1.76. The minimum absolute atomic E-state index is 0.217. The van der Waals surface area contributed by atoms with Crippen molar-refractivity contribution in [2.75, 3.05) is 0 Å². The first-order chi connectivity index (χ1) is 10.6. The number of aromatic nitrogens is 5. The Hall–Kier alpha value is -3.03. The summed E-state index contributed by atoms with van der Waals surface area (Å²) >= 11 is 0. The van der Waals surface area contributed by atoms with E-state index in [-0.39, 0.29) is 17.8 Å². The molecule has 2 heterocycles. The maximum Gasteiger partial charge on any atom is 0.289 e. The summed E-state index contributed by atoms with van der Waals surface area (Å²) < 4.78 is 6.11. The number of aryl methyl sites for hydroxylation is 1. The summed E-state index contributed by atoms with van der Waals surface area (Å²) in [5, 5.41) is 10.7. The summed E-state index contributed by atoms with van der Waals surface area (Å²) in [5.74, 6) is 0.767. The van der Waals surface area contributed by atoms with Crippen LogP contribution in [-0.2, 0) is 7.05 Å². The zero-order valence-corrected chi connectivity index (χ0v) is 12.1. The minimum atomic E-state index is -0.386. The molecular formula is C14H14N6O2. The monoisotopic (exact) mass is 298 g/mol. The van der Waals surface area contributed by atoms with Gasteiger partial charge in [0.05, 0.1) is 6.04 Å². The van der Waals surface area contributed by atoms with Crippen LogP contribution in [0, 0.1) is 0 Å². The van der Waals surface area contributed by atoms with Crippen LogP contribution in [0.4, 0.5) is 0 Å². The third kappa shape index (κ3) is 2.71. The molecule has 0 radical (unpaired) electrons. The van der Waals surface area contributed by atoms with Crippen molar-refractivity contribution in [2.45, 2.75) is 13.0 Å². The van der Waals surface area contributed by atoms with Crippen molar-refractivity contribution in [3.63, 3.8) is 0 Å². The molecule has 0 bridgehead atoms. The third-order valence-corrected chi connectivity index (χ3v) is 3.11. The SMILES string of the molecule is CC(NC(=O)c1nc(-c2ccccc2)nn1C)c1ncon1. The molecule has 1 unspecified atom stereocenters. The normalized spacial score (nSPS) is 12.1. The maximum absolute atomic E-state index is 12.3. The Morgan fingerprint density at radius 3 is 2.77 bits per heavy atom. The van der Waals surface area contributed by atoms with Gasteiger partial charge in [-0.05, 0) is 6.92 Å². The predicted octanol–water partition coefficient (Wildman–Crippen LogP) is 1.36. The van der Waals surface area contributed by atoms with Gasteiger partial charge in [-0.25, -0.2) is 9.67 Å². The molecule has 3 rings (SSSR count). The quantitative estimate of drug-likeness (QED) is 0.780. The van der Waals surface area contributed by atoms with E-state index in [9.17, 15) is 4.79 Å². The molecule has 1 atom stereocenters. The van der Waals surface area contributed by atoms with E-state index >= 15 is 0 Å². The Bertz CT molecular complexity index is 766. The van der Waals surface area contributed by atoms with E-state index in [1.807, 2.05) is 30.3 Å². The first kappa shape index (κ1) is 13.9. The number of carbonyl (C=O) groups excluding carboxylic acids is 1. The molecule has 8 heteroatoms. The van der Waals surface area contributed by atoms with Crippen LogP contribution in [0.25, 0.3) is 11.4 Å². The average Bonchev–Trinajstić information content (AvgIpc) is 3.17. The molecule has 1 amide bonds. The van der Waals surface area contributed by atoms with Crippen LogP contribution in [0.15, 0.2) is 41.2 Å². The second-order valence-corrected chi connectivity index (χ2v) is 4.73. The summed E-state index contributed by atoms with van der Waals surface area (Å²) in [4.78, 5) is 20.5. The zero-order chi connectivity index (χ0) is 15.5. The van der Waals surface area contributed by atoms with E-state index in [2.05, 4.69) is 30.1 Å². The van der Waals surface area contributed by atoms with Crippen molar-refractivity contribution < 1.29 is 9.32 Å². The van der Waals surface area contributed by atoms with Gasteiger partial charge >= 0.3 is 0 Å². The molecule has 0 aliphatic carbocycles. The predicted molar refractivity (Wildman–Crippen MR) is 76.6 cm³/mol. The first-order valence-corrected chi connectivity index (χ1v) is 6.68. The standard InChI is InChI=1S/C14H14N6O2/c1-9(11-15-8-22-19-11)16-14(21)13-17-12(18-20(13)2)10-6-4-3-5-7-10/h3-9H,1-2H3,(H,16,21). The number of hydrogen-bond acceptors (Lipinski definition) is 6. The number of carbonyl (C=O) groups is 1. The molecular weight excluding hydrogens is 284 g/mol. The van der Waals surface area contributed by atoms with E-state index in [1.54, 1.807) is 14.0 Å². The highest BCUT2D eigenvalue weighted by Crippen LogP contribution is 2.15. The average molecular weight is 298 g/mol. The molecule has 0 aliphatic heterocycles. The number of rotatable bonds is 4. The second-order valence-electron chi connectivity index (χ2n) is 4.73. The molecule has 8 nitrogen and oxygen atoms in total. The summed E-state index contributed by atoms with van der Waals surface area (Å²) in [7, 11) is 1.67. The lowest BCUT2D eigenvalue weighted by molar-refractivity contribution is 0.0923. The van der Waals surface area contributed by atoms with Gasteiger partial charge in [-0.3, -0.25) is 4.79 Å². The van der Waals surface area contributed by atoms with Crippen LogP contribution in [0.1, 0.15) is 29.4 Å². The van der Waals surface area contributed by atoms with Crippen LogP contribution in [0.3, 0.4) is 0 Å². The summed E-state index contributed by atoms with van der Waals surface area (Å²) in [5.41, 5.74) is 0.850. The van der Waals surface area contributed by atoms with Crippen molar-refractivity contribution in [2.24, 2.45) is 7.05 Å². The molecule has 2 aromatic heterocycles. The van der Waals surface area contributed by atoms with Crippen LogP contribution >= 0.6 is 0 Å². The Morgan fingerprint density at radius 1 is 1.32 bits per heavy atom. The van der Waals surface area contributed by atoms with Crippen LogP contribution < -0.4 is 5.32 Å². The molecule has 0 saturated heterocycles. The van der Waals surface area contributed by atoms with E-state index in [1.165, 1.54) is 11.1 Å². The first-order valence-electron chi connectivity index (χ1n) is 6.68. The van der Waals surface area contributed by atoms with Crippen LogP contribution in [0.5, 0.6) is 0 Å². The largest absolute Gasteiger partial charge is 0.343 e. The lowest BCUT2D eigenvalue weighted by Gasteiger charge is -2.08. The number of hydrogen-bond donors (Lipinski definition) is 1. The lowest BCUT2D eigenvalue weighted by Crippen LogP contribution is -2.29. The second kappa shape index (κ2) is 5.76. The fraction of sp³-hybridized carbons (Fsp3) is 0.214. The summed E-state index contributed by atoms with van der Waals surface area (Å²) in [6, 6.07) is 9.08. The highest BCUT2D eigenvalue weighted by atomic mass is 16.5. The van der Waals surface area contributed by atoms with Crippen molar-refractivity contribution in [3.8, 4) is 11.4 Å².